The van der Waals surface area contributed by atoms with Crippen LogP contribution >= 0.6 is 0 Å². The molecule has 1 N–H and O–H groups in total. The molecule has 0 aliphatic heterocycles. The van der Waals surface area contributed by atoms with Crippen LogP contribution in [0.2, 0.25) is 0 Å². The van der Waals surface area contributed by atoms with Gasteiger partial charge < -0.3 is 10.1 Å². The first-order valence-corrected chi connectivity index (χ1v) is 7.20. The molecule has 0 heterocycles. The van der Waals surface area contributed by atoms with Gasteiger partial charge in [-0.3, -0.25) is 0 Å². The number of rotatable bonds is 5. The molecule has 1 atom stereocenters. The van der Waals surface area contributed by atoms with Gasteiger partial charge in [0.1, 0.15) is 11.6 Å². The zero-order valence-electron chi connectivity index (χ0n) is 13.0. The summed E-state index contributed by atoms with van der Waals surface area (Å²) < 4.78 is 18.8. The van der Waals surface area contributed by atoms with Crippen molar-refractivity contribution in [1.82, 2.24) is 5.32 Å². The highest BCUT2D eigenvalue weighted by Crippen LogP contribution is 2.30. The van der Waals surface area contributed by atoms with Crippen LogP contribution in [-0.2, 0) is 0 Å². The third kappa shape index (κ3) is 3.42. The third-order valence-electron chi connectivity index (χ3n) is 3.68. The van der Waals surface area contributed by atoms with Crippen LogP contribution in [0.4, 0.5) is 4.39 Å². The lowest BCUT2D eigenvalue weighted by atomic mass is 9.91. The molecule has 0 aliphatic carbocycles. The fraction of sp³-hybridized carbons (Fsp3) is 0.333. The zero-order valence-corrected chi connectivity index (χ0v) is 13.0. The minimum Gasteiger partial charge on any atom is -0.497 e. The van der Waals surface area contributed by atoms with Crippen LogP contribution in [0.5, 0.6) is 5.75 Å². The molecule has 2 nitrogen and oxygen atoms in total. The topological polar surface area (TPSA) is 21.3 Å². The van der Waals surface area contributed by atoms with E-state index in [4.69, 9.17) is 4.74 Å². The zero-order chi connectivity index (χ0) is 15.4. The van der Waals surface area contributed by atoms with Crippen LogP contribution in [0.1, 0.15) is 35.2 Å². The molecule has 2 aromatic rings. The number of halogens is 1. The number of nitrogens with one attached hydrogen (secondary N) is 1. The number of aryl methyl sites for hydroxylation is 2. The third-order valence-corrected chi connectivity index (χ3v) is 3.68. The molecule has 0 saturated heterocycles. The van der Waals surface area contributed by atoms with Gasteiger partial charge in [-0.25, -0.2) is 4.39 Å². The van der Waals surface area contributed by atoms with Crippen molar-refractivity contribution in [3.8, 4) is 5.75 Å². The average Bonchev–Trinajstić information content (AvgIpc) is 2.45. The second-order valence-electron chi connectivity index (χ2n) is 5.22. The van der Waals surface area contributed by atoms with Crippen LogP contribution in [0.3, 0.4) is 0 Å². The number of hydrogen-bond donors (Lipinski definition) is 1. The molecule has 2 rings (SSSR count). The summed E-state index contributed by atoms with van der Waals surface area (Å²) in [6, 6.07) is 11.2. The van der Waals surface area contributed by atoms with E-state index in [1.807, 2.05) is 32.0 Å². The van der Waals surface area contributed by atoms with E-state index >= 15 is 0 Å². The van der Waals surface area contributed by atoms with Gasteiger partial charge >= 0.3 is 0 Å². The van der Waals surface area contributed by atoms with Gasteiger partial charge in [-0.15, -0.1) is 0 Å². The Balaban J connectivity index is 2.53. The van der Waals surface area contributed by atoms with E-state index in [0.717, 1.165) is 34.5 Å². The Morgan fingerprint density at radius 2 is 1.81 bits per heavy atom. The van der Waals surface area contributed by atoms with E-state index in [1.54, 1.807) is 19.2 Å². The summed E-state index contributed by atoms with van der Waals surface area (Å²) >= 11 is 0. The molecule has 0 bridgehead atoms. The Hall–Kier alpha value is -1.87. The summed E-state index contributed by atoms with van der Waals surface area (Å²) in [6.07, 6.45) is 0. The van der Waals surface area contributed by atoms with Gasteiger partial charge in [-0.05, 0) is 66.9 Å². The van der Waals surface area contributed by atoms with Crippen molar-refractivity contribution in [3.05, 3.63) is 64.5 Å². The van der Waals surface area contributed by atoms with Crippen LogP contribution in [0.25, 0.3) is 0 Å². The maximum atomic E-state index is 13.5. The lowest BCUT2D eigenvalue weighted by molar-refractivity contribution is 0.413. The summed E-state index contributed by atoms with van der Waals surface area (Å²) in [6.45, 7) is 6.81. The largest absolute Gasteiger partial charge is 0.497 e. The smallest absolute Gasteiger partial charge is 0.123 e. The van der Waals surface area contributed by atoms with Crippen molar-refractivity contribution in [2.24, 2.45) is 0 Å². The Morgan fingerprint density at radius 1 is 1.14 bits per heavy atom. The molecular formula is C18H22FNO. The van der Waals surface area contributed by atoms with Crippen molar-refractivity contribution in [1.29, 1.82) is 0 Å². The number of benzene rings is 2. The van der Waals surface area contributed by atoms with E-state index in [-0.39, 0.29) is 11.9 Å². The van der Waals surface area contributed by atoms with Crippen LogP contribution in [-0.4, -0.2) is 13.7 Å². The van der Waals surface area contributed by atoms with Gasteiger partial charge in [0.05, 0.1) is 13.2 Å². The van der Waals surface area contributed by atoms with Gasteiger partial charge in [0, 0.05) is 0 Å². The van der Waals surface area contributed by atoms with Crippen molar-refractivity contribution < 1.29 is 9.13 Å². The molecule has 3 heteroatoms. The van der Waals surface area contributed by atoms with Gasteiger partial charge in [-0.2, -0.15) is 0 Å². The van der Waals surface area contributed by atoms with Crippen molar-refractivity contribution >= 4 is 0 Å². The first kappa shape index (κ1) is 15.5. The van der Waals surface area contributed by atoms with Crippen molar-refractivity contribution in [2.75, 3.05) is 13.7 Å². The van der Waals surface area contributed by atoms with Crippen molar-refractivity contribution in [3.63, 3.8) is 0 Å². The summed E-state index contributed by atoms with van der Waals surface area (Å²) in [5.74, 6) is 0.641. The van der Waals surface area contributed by atoms with Crippen LogP contribution < -0.4 is 10.1 Å². The van der Waals surface area contributed by atoms with E-state index in [1.165, 1.54) is 0 Å². The second-order valence-corrected chi connectivity index (χ2v) is 5.22. The molecule has 2 aromatic carbocycles. The van der Waals surface area contributed by atoms with E-state index in [2.05, 4.69) is 18.3 Å². The minimum absolute atomic E-state index is 0.0331. The quantitative estimate of drug-likeness (QED) is 0.892. The Morgan fingerprint density at radius 3 is 2.38 bits per heavy atom. The lowest BCUT2D eigenvalue weighted by Crippen LogP contribution is -2.23. The Labute approximate surface area is 126 Å². The normalized spacial score (nSPS) is 12.2. The molecule has 0 radical (unpaired) electrons. The molecule has 0 saturated carbocycles. The highest BCUT2D eigenvalue weighted by Gasteiger charge is 2.18. The maximum Gasteiger partial charge on any atom is 0.123 e. The monoisotopic (exact) mass is 287 g/mol. The highest BCUT2D eigenvalue weighted by atomic mass is 19.1. The second kappa shape index (κ2) is 6.72. The fourth-order valence-electron chi connectivity index (χ4n) is 2.79. The number of ether oxygens (including phenoxy) is 1. The fourth-order valence-corrected chi connectivity index (χ4v) is 2.79. The van der Waals surface area contributed by atoms with E-state index in [9.17, 15) is 4.39 Å². The standard InChI is InChI=1S/C18H22FNO/c1-5-20-18(14-7-6-8-16(11-14)21-4)17-12(2)9-15(19)10-13(17)3/h6-11,18,20H,5H2,1-4H3. The first-order chi connectivity index (χ1) is 10.1. The van der Waals surface area contributed by atoms with Crippen LogP contribution in [0, 0.1) is 19.7 Å². The minimum atomic E-state index is -0.186. The summed E-state index contributed by atoms with van der Waals surface area (Å²) in [5, 5.41) is 3.49. The molecule has 0 aliphatic rings. The van der Waals surface area contributed by atoms with E-state index in [0.29, 0.717) is 0 Å². The molecule has 0 fully saturated rings. The number of methoxy groups -OCH3 is 1. The highest BCUT2D eigenvalue weighted by molar-refractivity contribution is 5.44. The lowest BCUT2D eigenvalue weighted by Gasteiger charge is -2.23. The molecule has 1 unspecified atom stereocenters. The maximum absolute atomic E-state index is 13.5. The predicted octanol–water partition coefficient (Wildman–Crippen LogP) is 4.15. The summed E-state index contributed by atoms with van der Waals surface area (Å²) in [4.78, 5) is 0. The molecular weight excluding hydrogens is 265 g/mol. The summed E-state index contributed by atoms with van der Waals surface area (Å²) in [5.41, 5.74) is 4.17. The summed E-state index contributed by atoms with van der Waals surface area (Å²) in [7, 11) is 1.66. The SMILES string of the molecule is CCNC(c1cccc(OC)c1)c1c(C)cc(F)cc1C. The van der Waals surface area contributed by atoms with Crippen LogP contribution in [0.15, 0.2) is 36.4 Å². The Kier molecular flexibility index (Phi) is 4.97. The molecule has 21 heavy (non-hydrogen) atoms. The van der Waals surface area contributed by atoms with Crippen molar-refractivity contribution in [2.45, 2.75) is 26.8 Å². The first-order valence-electron chi connectivity index (χ1n) is 7.20. The van der Waals surface area contributed by atoms with Gasteiger partial charge in [0.15, 0.2) is 0 Å². The Bertz CT molecular complexity index is 601. The van der Waals surface area contributed by atoms with Gasteiger partial charge in [-0.1, -0.05) is 19.1 Å². The van der Waals surface area contributed by atoms with Gasteiger partial charge in [0.25, 0.3) is 0 Å². The molecule has 0 amide bonds. The molecule has 112 valence electrons. The molecule has 0 spiro atoms. The van der Waals surface area contributed by atoms with E-state index < -0.39 is 0 Å². The number of hydrogen-bond acceptors (Lipinski definition) is 2. The predicted molar refractivity (Wildman–Crippen MR) is 84.4 cm³/mol. The average molecular weight is 287 g/mol. The van der Waals surface area contributed by atoms with Gasteiger partial charge in [0.2, 0.25) is 0 Å². The molecule has 0 aromatic heterocycles.